The Morgan fingerprint density at radius 1 is 1.56 bits per heavy atom. The largest absolute Gasteiger partial charge is 0.473 e. The second-order valence-corrected chi connectivity index (χ2v) is 4.28. The lowest BCUT2D eigenvalue weighted by atomic mass is 10.2. The normalized spacial score (nSPS) is 12.2. The van der Waals surface area contributed by atoms with E-state index in [1.165, 1.54) is 0 Å². The number of hydrogen-bond donors (Lipinski definition) is 1. The third-order valence-electron chi connectivity index (χ3n) is 1.98. The lowest BCUT2D eigenvalue weighted by molar-refractivity contribution is -0.143. The molecule has 0 unspecified atom stereocenters. The first-order chi connectivity index (χ1) is 8.67. The molecule has 1 heterocycles. The van der Waals surface area contributed by atoms with Crippen LogP contribution in [0.3, 0.4) is 0 Å². The van der Waals surface area contributed by atoms with Crippen LogP contribution in [0, 0.1) is 0 Å². The van der Waals surface area contributed by atoms with Crippen LogP contribution in [0.4, 0.5) is 0 Å². The molecule has 1 aromatic heterocycles. The van der Waals surface area contributed by atoms with Gasteiger partial charge in [-0.15, -0.1) is 16.0 Å². The molecule has 102 valence electrons. The molecular formula is C10H15ClN2O4S. The molecule has 6 nitrogen and oxygen atoms in total. The molecule has 1 rings (SSSR count). The van der Waals surface area contributed by atoms with Crippen molar-refractivity contribution in [2.45, 2.75) is 25.9 Å². The number of alkyl halides is 1. The fourth-order valence-corrected chi connectivity index (χ4v) is 1.76. The molecule has 0 aromatic carbocycles. The van der Waals surface area contributed by atoms with E-state index in [-0.39, 0.29) is 24.9 Å². The van der Waals surface area contributed by atoms with Gasteiger partial charge in [-0.05, 0) is 6.92 Å². The molecule has 18 heavy (non-hydrogen) atoms. The predicted molar refractivity (Wildman–Crippen MR) is 67.1 cm³/mol. The monoisotopic (exact) mass is 294 g/mol. The smallest absolute Gasteiger partial charge is 0.306 e. The molecule has 0 radical (unpaired) electrons. The number of aliphatic hydroxyl groups is 1. The van der Waals surface area contributed by atoms with Crippen LogP contribution in [0.25, 0.3) is 0 Å². The summed E-state index contributed by atoms with van der Waals surface area (Å²) in [5.74, 6) is 0.154. The maximum atomic E-state index is 11.2. The van der Waals surface area contributed by atoms with Gasteiger partial charge in [-0.2, -0.15) is 4.37 Å². The lowest BCUT2D eigenvalue weighted by Gasteiger charge is -2.08. The van der Waals surface area contributed by atoms with Gasteiger partial charge in [0.05, 0.1) is 30.6 Å². The molecule has 0 aliphatic rings. The molecule has 0 saturated heterocycles. The zero-order chi connectivity index (χ0) is 13.4. The van der Waals surface area contributed by atoms with Crippen LogP contribution in [0.1, 0.15) is 19.0 Å². The highest BCUT2D eigenvalue weighted by Gasteiger charge is 2.13. The fourth-order valence-electron chi connectivity index (χ4n) is 1.13. The summed E-state index contributed by atoms with van der Waals surface area (Å²) < 4.78 is 18.1. The third kappa shape index (κ3) is 5.16. The number of hydrogen-bond acceptors (Lipinski definition) is 7. The van der Waals surface area contributed by atoms with Gasteiger partial charge in [0, 0.05) is 6.42 Å². The number of carbonyl (C=O) groups is 1. The third-order valence-corrected chi connectivity index (χ3v) is 2.89. The Morgan fingerprint density at radius 2 is 2.33 bits per heavy atom. The van der Waals surface area contributed by atoms with Gasteiger partial charge in [0.2, 0.25) is 5.88 Å². The van der Waals surface area contributed by atoms with E-state index in [1.54, 1.807) is 6.92 Å². The van der Waals surface area contributed by atoms with Crippen molar-refractivity contribution in [3.05, 3.63) is 5.69 Å². The van der Waals surface area contributed by atoms with Crippen molar-refractivity contribution in [2.24, 2.45) is 0 Å². The summed E-state index contributed by atoms with van der Waals surface area (Å²) in [4.78, 5) is 11.2. The van der Waals surface area contributed by atoms with Crippen molar-refractivity contribution in [3.8, 4) is 5.88 Å². The minimum atomic E-state index is -0.744. The molecule has 0 spiro atoms. The van der Waals surface area contributed by atoms with E-state index >= 15 is 0 Å². The van der Waals surface area contributed by atoms with E-state index in [1.807, 2.05) is 0 Å². The summed E-state index contributed by atoms with van der Waals surface area (Å²) in [7, 11) is 0. The Kier molecular flexibility index (Phi) is 6.92. The highest BCUT2D eigenvalue weighted by molar-refractivity contribution is 6.99. The van der Waals surface area contributed by atoms with E-state index in [2.05, 4.69) is 8.75 Å². The van der Waals surface area contributed by atoms with Gasteiger partial charge < -0.3 is 14.6 Å². The number of aromatic nitrogens is 2. The number of aryl methyl sites for hydroxylation is 1. The predicted octanol–water partition coefficient (Wildman–Crippen LogP) is 1.01. The molecule has 0 bridgehead atoms. The summed E-state index contributed by atoms with van der Waals surface area (Å²) in [5, 5.41) is 9.26. The Morgan fingerprint density at radius 3 is 3.00 bits per heavy atom. The highest BCUT2D eigenvalue weighted by Crippen LogP contribution is 2.17. The number of esters is 1. The summed E-state index contributed by atoms with van der Waals surface area (Å²) in [6.45, 7) is 2.17. The molecule has 0 amide bonds. The van der Waals surface area contributed by atoms with Crippen LogP contribution < -0.4 is 4.74 Å². The van der Waals surface area contributed by atoms with Gasteiger partial charge in [0.1, 0.15) is 18.4 Å². The van der Waals surface area contributed by atoms with E-state index in [0.717, 1.165) is 11.7 Å². The molecular weight excluding hydrogens is 280 g/mol. The molecule has 0 aliphatic heterocycles. The average Bonchev–Trinajstić information content (AvgIpc) is 2.81. The molecule has 0 aliphatic carbocycles. The van der Waals surface area contributed by atoms with E-state index in [4.69, 9.17) is 21.1 Å². The minimum absolute atomic E-state index is 0.0569. The van der Waals surface area contributed by atoms with Crippen LogP contribution in [0.5, 0.6) is 5.88 Å². The van der Waals surface area contributed by atoms with Gasteiger partial charge in [0.25, 0.3) is 0 Å². The maximum absolute atomic E-state index is 11.2. The van der Waals surface area contributed by atoms with Crippen LogP contribution in [0.15, 0.2) is 0 Å². The standard InChI is InChI=1S/C10H15ClN2O4S/c1-2-16-9(15)4-3-8-10(13-18-12-8)17-6-7(14)5-11/h7,14H,2-6H2,1H3/t7-/m0/s1. The Balaban J connectivity index is 2.42. The Bertz CT molecular complexity index is 375. The van der Waals surface area contributed by atoms with E-state index < -0.39 is 6.10 Å². The fraction of sp³-hybridized carbons (Fsp3) is 0.700. The summed E-state index contributed by atoms with van der Waals surface area (Å²) >= 11 is 6.44. The van der Waals surface area contributed by atoms with Gasteiger partial charge >= 0.3 is 5.97 Å². The van der Waals surface area contributed by atoms with Crippen molar-refractivity contribution in [3.63, 3.8) is 0 Å². The Hall–Kier alpha value is -0.920. The first-order valence-corrected chi connectivity index (χ1v) is 6.77. The quantitative estimate of drug-likeness (QED) is 0.569. The SMILES string of the molecule is CCOC(=O)CCc1nsnc1OC[C@@H](O)CCl. The zero-order valence-corrected chi connectivity index (χ0v) is 11.5. The first kappa shape index (κ1) is 15.1. The van der Waals surface area contributed by atoms with Crippen LogP contribution in [-0.4, -0.2) is 45.0 Å². The highest BCUT2D eigenvalue weighted by atomic mass is 35.5. The molecule has 1 N–H and O–H groups in total. The topological polar surface area (TPSA) is 81.5 Å². The van der Waals surface area contributed by atoms with Gasteiger partial charge in [-0.3, -0.25) is 4.79 Å². The van der Waals surface area contributed by atoms with Gasteiger partial charge in [-0.25, -0.2) is 0 Å². The number of aliphatic hydroxyl groups excluding tert-OH is 1. The van der Waals surface area contributed by atoms with E-state index in [9.17, 15) is 9.90 Å². The second kappa shape index (κ2) is 8.23. The Labute approximate surface area is 114 Å². The second-order valence-electron chi connectivity index (χ2n) is 3.44. The number of ether oxygens (including phenoxy) is 2. The van der Waals surface area contributed by atoms with Crippen LogP contribution >= 0.6 is 23.3 Å². The van der Waals surface area contributed by atoms with Crippen molar-refractivity contribution in [1.29, 1.82) is 0 Å². The summed E-state index contributed by atoms with van der Waals surface area (Å²) in [6.07, 6.45) is -0.110. The number of nitrogens with zero attached hydrogens (tertiary/aromatic N) is 2. The summed E-state index contributed by atoms with van der Waals surface area (Å²) in [5.41, 5.74) is 0.592. The van der Waals surface area contributed by atoms with Crippen molar-refractivity contribution >= 4 is 29.3 Å². The number of halogens is 1. The van der Waals surface area contributed by atoms with Crippen molar-refractivity contribution in [2.75, 3.05) is 19.1 Å². The lowest BCUT2D eigenvalue weighted by Crippen LogP contribution is -2.19. The maximum Gasteiger partial charge on any atom is 0.306 e. The van der Waals surface area contributed by atoms with Crippen molar-refractivity contribution < 1.29 is 19.4 Å². The molecule has 0 fully saturated rings. The molecule has 0 saturated carbocycles. The molecule has 8 heteroatoms. The number of carbonyl (C=O) groups excluding carboxylic acids is 1. The average molecular weight is 295 g/mol. The molecule has 1 atom stereocenters. The minimum Gasteiger partial charge on any atom is -0.473 e. The van der Waals surface area contributed by atoms with Crippen LogP contribution in [-0.2, 0) is 16.0 Å². The zero-order valence-electron chi connectivity index (χ0n) is 9.97. The summed E-state index contributed by atoms with van der Waals surface area (Å²) in [6, 6.07) is 0. The van der Waals surface area contributed by atoms with Crippen LogP contribution in [0.2, 0.25) is 0 Å². The van der Waals surface area contributed by atoms with Gasteiger partial charge in [-0.1, -0.05) is 0 Å². The van der Waals surface area contributed by atoms with Crippen molar-refractivity contribution in [1.82, 2.24) is 8.75 Å². The first-order valence-electron chi connectivity index (χ1n) is 5.51. The molecule has 1 aromatic rings. The van der Waals surface area contributed by atoms with Gasteiger partial charge in [0.15, 0.2) is 0 Å². The number of rotatable bonds is 8. The van der Waals surface area contributed by atoms with E-state index in [0.29, 0.717) is 24.6 Å².